The lowest BCUT2D eigenvalue weighted by Gasteiger charge is -2.20. The Morgan fingerprint density at radius 2 is 1.73 bits per heavy atom. The summed E-state index contributed by atoms with van der Waals surface area (Å²) in [5.74, 6) is 0.268. The number of carbonyl (C=O) groups excluding carboxylic acids is 1. The Morgan fingerprint density at radius 1 is 1.14 bits per heavy atom. The van der Waals surface area contributed by atoms with Crippen molar-refractivity contribution < 1.29 is 18.0 Å². The van der Waals surface area contributed by atoms with E-state index in [0.717, 1.165) is 24.1 Å². The van der Waals surface area contributed by atoms with Gasteiger partial charge in [-0.2, -0.15) is 13.2 Å². The number of hydrogen-bond donors (Lipinski definition) is 0. The fourth-order valence-corrected chi connectivity index (χ4v) is 1.88. The van der Waals surface area contributed by atoms with Crippen LogP contribution in [0.15, 0.2) is 36.7 Å². The molecule has 7 heteroatoms. The van der Waals surface area contributed by atoms with E-state index in [4.69, 9.17) is 0 Å². The molecule has 0 atom stereocenters. The zero-order valence-electron chi connectivity index (χ0n) is 11.8. The van der Waals surface area contributed by atoms with Crippen LogP contribution in [0.5, 0.6) is 0 Å². The van der Waals surface area contributed by atoms with Crippen LogP contribution in [0.2, 0.25) is 0 Å². The smallest absolute Gasteiger partial charge is 0.303 e. The first-order chi connectivity index (χ1) is 10.5. The average Bonchev–Trinajstić information content (AvgIpc) is 2.52. The van der Waals surface area contributed by atoms with Crippen molar-refractivity contribution in [3.63, 3.8) is 0 Å². The number of rotatable bonds is 5. The number of carbonyl (C=O) groups is 1. The summed E-state index contributed by atoms with van der Waals surface area (Å²) in [7, 11) is 0. The van der Waals surface area contributed by atoms with Crippen molar-refractivity contribution in [1.82, 2.24) is 9.97 Å². The molecule has 4 nitrogen and oxygen atoms in total. The molecule has 0 radical (unpaired) electrons. The second-order valence-corrected chi connectivity index (χ2v) is 4.57. The topological polar surface area (TPSA) is 46.1 Å². The number of benzene rings is 1. The molecule has 2 aromatic rings. The van der Waals surface area contributed by atoms with Crippen LogP contribution in [0.1, 0.15) is 18.1 Å². The molecule has 0 N–H and O–H groups in total. The highest BCUT2D eigenvalue weighted by atomic mass is 19.4. The van der Waals surface area contributed by atoms with Crippen LogP contribution in [-0.4, -0.2) is 22.8 Å². The molecular formula is C15H14F3N3O. The highest BCUT2D eigenvalue weighted by Gasteiger charge is 2.30. The lowest BCUT2D eigenvalue weighted by atomic mass is 10.2. The Balaban J connectivity index is 2.32. The molecule has 0 spiro atoms. The Morgan fingerprint density at radius 3 is 2.18 bits per heavy atom. The highest BCUT2D eigenvalue weighted by molar-refractivity contribution is 5.67. The first-order valence-electron chi connectivity index (χ1n) is 6.65. The fraction of sp³-hybridized carbons (Fsp3) is 0.267. The van der Waals surface area contributed by atoms with Gasteiger partial charge in [0.2, 0.25) is 5.95 Å². The molecule has 0 fully saturated rings. The minimum atomic E-state index is -4.40. The average molecular weight is 309 g/mol. The fourth-order valence-electron chi connectivity index (χ4n) is 1.88. The number of hydrogen-bond acceptors (Lipinski definition) is 4. The van der Waals surface area contributed by atoms with Crippen LogP contribution in [0, 0.1) is 0 Å². The molecule has 0 amide bonds. The predicted octanol–water partition coefficient (Wildman–Crippen LogP) is 3.39. The van der Waals surface area contributed by atoms with Gasteiger partial charge in [0.1, 0.15) is 6.29 Å². The number of halogens is 3. The van der Waals surface area contributed by atoms with Gasteiger partial charge in [-0.25, -0.2) is 9.97 Å². The summed E-state index contributed by atoms with van der Waals surface area (Å²) in [6, 6.07) is 4.52. The van der Waals surface area contributed by atoms with Crippen LogP contribution < -0.4 is 4.90 Å². The molecule has 2 rings (SSSR count). The summed E-state index contributed by atoms with van der Waals surface area (Å²) < 4.78 is 37.7. The highest BCUT2D eigenvalue weighted by Crippen LogP contribution is 2.31. The number of anilines is 2. The van der Waals surface area contributed by atoms with Crippen LogP contribution in [0.25, 0.3) is 0 Å². The van der Waals surface area contributed by atoms with Crippen molar-refractivity contribution in [2.24, 2.45) is 0 Å². The van der Waals surface area contributed by atoms with E-state index in [1.165, 1.54) is 17.0 Å². The molecule has 116 valence electrons. The van der Waals surface area contributed by atoms with Crippen LogP contribution in [0.4, 0.5) is 24.8 Å². The van der Waals surface area contributed by atoms with Crippen molar-refractivity contribution in [3.05, 3.63) is 47.8 Å². The normalized spacial score (nSPS) is 11.3. The van der Waals surface area contributed by atoms with Crippen LogP contribution >= 0.6 is 0 Å². The van der Waals surface area contributed by atoms with Crippen molar-refractivity contribution in [2.75, 3.05) is 11.4 Å². The third-order valence-corrected chi connectivity index (χ3v) is 3.10. The zero-order valence-corrected chi connectivity index (χ0v) is 11.8. The van der Waals surface area contributed by atoms with Gasteiger partial charge in [0.25, 0.3) is 0 Å². The maximum Gasteiger partial charge on any atom is 0.416 e. The molecule has 1 heterocycles. The quantitative estimate of drug-likeness (QED) is 0.794. The van der Waals surface area contributed by atoms with Gasteiger partial charge in [-0.05, 0) is 36.2 Å². The lowest BCUT2D eigenvalue weighted by Crippen LogP contribution is -2.22. The van der Waals surface area contributed by atoms with Gasteiger partial charge in [0.15, 0.2) is 0 Å². The molecule has 1 aromatic heterocycles. The minimum Gasteiger partial charge on any atom is -0.303 e. The third-order valence-electron chi connectivity index (χ3n) is 3.10. The van der Waals surface area contributed by atoms with Gasteiger partial charge >= 0.3 is 6.18 Å². The number of nitrogens with zero attached hydrogens (tertiary/aromatic N) is 3. The van der Waals surface area contributed by atoms with Gasteiger partial charge in [-0.15, -0.1) is 0 Å². The first-order valence-corrected chi connectivity index (χ1v) is 6.65. The number of aromatic nitrogens is 2. The second-order valence-electron chi connectivity index (χ2n) is 4.57. The lowest BCUT2D eigenvalue weighted by molar-refractivity contribution is -0.137. The van der Waals surface area contributed by atoms with Crippen molar-refractivity contribution in [3.8, 4) is 0 Å². The standard InChI is InChI=1S/C15H14F3N3O/c1-2-11-9-19-14(20-10-11)21(7-8-22)13-5-3-12(4-6-13)15(16,17)18/h3-6,8-10H,2,7H2,1H3. The molecule has 0 aliphatic rings. The Labute approximate surface area is 125 Å². The van der Waals surface area contributed by atoms with Crippen molar-refractivity contribution >= 4 is 17.9 Å². The second kappa shape index (κ2) is 6.55. The van der Waals surface area contributed by atoms with E-state index in [1.54, 1.807) is 12.4 Å². The van der Waals surface area contributed by atoms with E-state index >= 15 is 0 Å². The maximum absolute atomic E-state index is 12.6. The summed E-state index contributed by atoms with van der Waals surface area (Å²) in [6.07, 6.45) is 0.282. The van der Waals surface area contributed by atoms with Crippen molar-refractivity contribution in [2.45, 2.75) is 19.5 Å². The molecule has 0 bridgehead atoms. The molecule has 0 aliphatic heterocycles. The minimum absolute atomic E-state index is 0.0448. The Kier molecular flexibility index (Phi) is 4.75. The summed E-state index contributed by atoms with van der Waals surface area (Å²) in [6.45, 7) is 1.91. The van der Waals surface area contributed by atoms with E-state index < -0.39 is 11.7 Å². The van der Waals surface area contributed by atoms with Crippen LogP contribution in [-0.2, 0) is 17.4 Å². The summed E-state index contributed by atoms with van der Waals surface area (Å²) >= 11 is 0. The maximum atomic E-state index is 12.6. The van der Waals surface area contributed by atoms with E-state index in [-0.39, 0.29) is 12.5 Å². The third kappa shape index (κ3) is 3.60. The van der Waals surface area contributed by atoms with Crippen molar-refractivity contribution in [1.29, 1.82) is 0 Å². The molecule has 0 unspecified atom stereocenters. The van der Waals surface area contributed by atoms with Gasteiger partial charge < -0.3 is 9.69 Å². The molecule has 22 heavy (non-hydrogen) atoms. The largest absolute Gasteiger partial charge is 0.416 e. The summed E-state index contributed by atoms with van der Waals surface area (Å²) in [5, 5.41) is 0. The summed E-state index contributed by atoms with van der Waals surface area (Å²) in [5.41, 5.74) is 0.608. The molecule has 0 saturated carbocycles. The number of aldehydes is 1. The van der Waals surface area contributed by atoms with E-state index in [0.29, 0.717) is 12.0 Å². The van der Waals surface area contributed by atoms with Gasteiger partial charge in [0, 0.05) is 18.1 Å². The van der Waals surface area contributed by atoms with Gasteiger partial charge in [-0.3, -0.25) is 0 Å². The first kappa shape index (κ1) is 15.9. The summed E-state index contributed by atoms with van der Waals surface area (Å²) in [4.78, 5) is 20.6. The number of aryl methyl sites for hydroxylation is 1. The van der Waals surface area contributed by atoms with Crippen LogP contribution in [0.3, 0.4) is 0 Å². The van der Waals surface area contributed by atoms with Gasteiger partial charge in [0.05, 0.1) is 12.1 Å². The van der Waals surface area contributed by atoms with Gasteiger partial charge in [-0.1, -0.05) is 6.92 Å². The Bertz CT molecular complexity index is 624. The molecule has 0 aliphatic carbocycles. The van der Waals surface area contributed by atoms with E-state index in [2.05, 4.69) is 9.97 Å². The SMILES string of the molecule is CCc1cnc(N(CC=O)c2ccc(C(F)(F)F)cc2)nc1. The van der Waals surface area contributed by atoms with E-state index in [1.807, 2.05) is 6.92 Å². The molecular weight excluding hydrogens is 295 g/mol. The molecule has 1 aromatic carbocycles. The number of alkyl halides is 3. The zero-order chi connectivity index (χ0) is 16.2. The molecule has 0 saturated heterocycles. The predicted molar refractivity (Wildman–Crippen MR) is 75.9 cm³/mol. The monoisotopic (exact) mass is 309 g/mol. The Hall–Kier alpha value is -2.44. The van der Waals surface area contributed by atoms with E-state index in [9.17, 15) is 18.0 Å².